The van der Waals surface area contributed by atoms with Crippen molar-refractivity contribution in [2.75, 3.05) is 0 Å². The van der Waals surface area contributed by atoms with Crippen LogP contribution < -0.4 is 16.6 Å². The van der Waals surface area contributed by atoms with Gasteiger partial charge in [0.2, 0.25) is 5.91 Å². The lowest BCUT2D eigenvalue weighted by Gasteiger charge is -2.10. The molecule has 0 radical (unpaired) electrons. The molecule has 1 aliphatic rings. The van der Waals surface area contributed by atoms with E-state index in [9.17, 15) is 18.8 Å². The maximum atomic E-state index is 12.9. The fourth-order valence-corrected chi connectivity index (χ4v) is 2.25. The Morgan fingerprint density at radius 1 is 1.17 bits per heavy atom. The van der Waals surface area contributed by atoms with Crippen molar-refractivity contribution in [3.8, 4) is 0 Å². The standard InChI is InChI=1S/C16H16FN3O3/c17-12-3-1-11(2-4-12)9-19-8-7-15(22)20(16(19)23)10-14(21)18-13-5-6-13/h1-4,7-8,13H,5-6,9-10H2,(H,18,21). The Bertz CT molecular complexity index is 835. The Balaban J connectivity index is 1.82. The summed E-state index contributed by atoms with van der Waals surface area (Å²) in [6.07, 6.45) is 3.25. The Morgan fingerprint density at radius 3 is 2.52 bits per heavy atom. The van der Waals surface area contributed by atoms with E-state index < -0.39 is 11.2 Å². The van der Waals surface area contributed by atoms with Crippen molar-refractivity contribution in [3.05, 3.63) is 68.7 Å². The van der Waals surface area contributed by atoms with Crippen LogP contribution in [0.1, 0.15) is 18.4 Å². The molecule has 1 saturated carbocycles. The Kier molecular flexibility index (Phi) is 4.10. The number of carbonyl (C=O) groups excluding carboxylic acids is 1. The van der Waals surface area contributed by atoms with Gasteiger partial charge in [0.15, 0.2) is 0 Å². The van der Waals surface area contributed by atoms with Gasteiger partial charge >= 0.3 is 5.69 Å². The third-order valence-corrected chi connectivity index (χ3v) is 3.65. The van der Waals surface area contributed by atoms with Crippen LogP contribution >= 0.6 is 0 Å². The number of carbonyl (C=O) groups is 1. The molecule has 0 aliphatic heterocycles. The topological polar surface area (TPSA) is 73.1 Å². The zero-order chi connectivity index (χ0) is 16.4. The van der Waals surface area contributed by atoms with Gasteiger partial charge in [0.1, 0.15) is 12.4 Å². The normalized spacial score (nSPS) is 13.8. The van der Waals surface area contributed by atoms with E-state index in [1.165, 1.54) is 29.0 Å². The highest BCUT2D eigenvalue weighted by atomic mass is 19.1. The summed E-state index contributed by atoms with van der Waals surface area (Å²) in [5, 5.41) is 2.74. The maximum absolute atomic E-state index is 12.9. The first kappa shape index (κ1) is 15.2. The summed E-state index contributed by atoms with van der Waals surface area (Å²) in [6, 6.07) is 7.16. The highest BCUT2D eigenvalue weighted by Gasteiger charge is 2.23. The van der Waals surface area contributed by atoms with Gasteiger partial charge in [-0.1, -0.05) is 12.1 Å². The molecule has 6 nitrogen and oxygen atoms in total. The van der Waals surface area contributed by atoms with Crippen molar-refractivity contribution in [1.29, 1.82) is 0 Å². The van der Waals surface area contributed by atoms with E-state index in [2.05, 4.69) is 5.32 Å². The second-order valence-electron chi connectivity index (χ2n) is 5.62. The maximum Gasteiger partial charge on any atom is 0.331 e. The van der Waals surface area contributed by atoms with Gasteiger partial charge in [-0.2, -0.15) is 0 Å². The molecule has 1 aromatic carbocycles. The summed E-state index contributed by atoms with van der Waals surface area (Å²) < 4.78 is 15.1. The van der Waals surface area contributed by atoms with Gasteiger partial charge in [0.25, 0.3) is 5.56 Å². The number of benzene rings is 1. The lowest BCUT2D eigenvalue weighted by Crippen LogP contribution is -2.43. The number of nitrogens with zero attached hydrogens (tertiary/aromatic N) is 2. The summed E-state index contributed by atoms with van der Waals surface area (Å²) in [6.45, 7) is -0.0952. The smallest absolute Gasteiger partial charge is 0.331 e. The van der Waals surface area contributed by atoms with Gasteiger partial charge in [-0.3, -0.25) is 18.7 Å². The zero-order valence-electron chi connectivity index (χ0n) is 12.4. The third-order valence-electron chi connectivity index (χ3n) is 3.65. The average Bonchev–Trinajstić information content (AvgIpc) is 3.32. The molecule has 0 saturated heterocycles. The molecule has 23 heavy (non-hydrogen) atoms. The number of nitrogens with one attached hydrogen (secondary N) is 1. The Labute approximate surface area is 131 Å². The number of halogens is 1. The predicted octanol–water partition coefficient (Wildman–Crippen LogP) is 0.476. The summed E-state index contributed by atoms with van der Waals surface area (Å²) in [7, 11) is 0. The third kappa shape index (κ3) is 3.74. The van der Waals surface area contributed by atoms with E-state index in [1.807, 2.05) is 0 Å². The Morgan fingerprint density at radius 2 is 1.87 bits per heavy atom. The molecule has 0 atom stereocenters. The largest absolute Gasteiger partial charge is 0.352 e. The summed E-state index contributed by atoms with van der Waals surface area (Å²) in [4.78, 5) is 36.0. The molecule has 1 aliphatic carbocycles. The first-order valence-electron chi connectivity index (χ1n) is 7.37. The number of hydrogen-bond acceptors (Lipinski definition) is 3. The first-order chi connectivity index (χ1) is 11.0. The van der Waals surface area contributed by atoms with Crippen molar-refractivity contribution < 1.29 is 9.18 Å². The minimum atomic E-state index is -0.562. The van der Waals surface area contributed by atoms with Crippen molar-refractivity contribution in [3.63, 3.8) is 0 Å². The van der Waals surface area contributed by atoms with Crippen LogP contribution in [0, 0.1) is 5.82 Å². The molecule has 1 heterocycles. The van der Waals surface area contributed by atoms with E-state index in [4.69, 9.17) is 0 Å². The molecular formula is C16H16FN3O3. The summed E-state index contributed by atoms with van der Waals surface area (Å²) in [5.74, 6) is -0.700. The molecule has 2 aromatic rings. The molecular weight excluding hydrogens is 301 g/mol. The molecule has 120 valence electrons. The van der Waals surface area contributed by atoms with E-state index in [-0.39, 0.29) is 30.9 Å². The van der Waals surface area contributed by atoms with Crippen LogP contribution in [-0.2, 0) is 17.9 Å². The lowest BCUT2D eigenvalue weighted by molar-refractivity contribution is -0.121. The molecule has 3 rings (SSSR count). The molecule has 0 spiro atoms. The van der Waals surface area contributed by atoms with Crippen LogP contribution in [0.2, 0.25) is 0 Å². The molecule has 1 amide bonds. The fraction of sp³-hybridized carbons (Fsp3) is 0.312. The summed E-state index contributed by atoms with van der Waals surface area (Å²) in [5.41, 5.74) is -0.356. The van der Waals surface area contributed by atoms with Gasteiger partial charge in [-0.25, -0.2) is 9.18 Å². The van der Waals surface area contributed by atoms with Crippen LogP contribution in [-0.4, -0.2) is 21.1 Å². The van der Waals surface area contributed by atoms with Gasteiger partial charge in [0.05, 0.1) is 6.54 Å². The van der Waals surface area contributed by atoms with E-state index in [0.717, 1.165) is 23.0 Å². The van der Waals surface area contributed by atoms with Crippen LogP contribution in [0.5, 0.6) is 0 Å². The highest BCUT2D eigenvalue weighted by Crippen LogP contribution is 2.18. The molecule has 0 unspecified atom stereocenters. The fourth-order valence-electron chi connectivity index (χ4n) is 2.25. The number of amides is 1. The predicted molar refractivity (Wildman–Crippen MR) is 81.6 cm³/mol. The zero-order valence-corrected chi connectivity index (χ0v) is 12.4. The van der Waals surface area contributed by atoms with Crippen molar-refractivity contribution in [1.82, 2.24) is 14.5 Å². The quantitative estimate of drug-likeness (QED) is 0.871. The van der Waals surface area contributed by atoms with Crippen molar-refractivity contribution in [2.24, 2.45) is 0 Å². The van der Waals surface area contributed by atoms with Crippen LogP contribution in [0.4, 0.5) is 4.39 Å². The average molecular weight is 317 g/mol. The van der Waals surface area contributed by atoms with Crippen LogP contribution in [0.25, 0.3) is 0 Å². The van der Waals surface area contributed by atoms with Gasteiger partial charge in [0, 0.05) is 18.3 Å². The van der Waals surface area contributed by atoms with Crippen LogP contribution in [0.3, 0.4) is 0 Å². The minimum absolute atomic E-state index is 0.170. The van der Waals surface area contributed by atoms with Gasteiger partial charge in [-0.15, -0.1) is 0 Å². The second-order valence-corrected chi connectivity index (χ2v) is 5.62. The number of rotatable bonds is 5. The van der Waals surface area contributed by atoms with E-state index in [1.54, 1.807) is 12.1 Å². The number of hydrogen-bond donors (Lipinski definition) is 1. The monoisotopic (exact) mass is 317 g/mol. The second kappa shape index (κ2) is 6.20. The SMILES string of the molecule is O=C(Cn1c(=O)ccn(Cc2ccc(F)cc2)c1=O)NC1CC1. The first-order valence-corrected chi connectivity index (χ1v) is 7.37. The van der Waals surface area contributed by atoms with E-state index >= 15 is 0 Å². The van der Waals surface area contributed by atoms with Crippen molar-refractivity contribution in [2.45, 2.75) is 32.0 Å². The number of aromatic nitrogens is 2. The Hall–Kier alpha value is -2.70. The molecule has 1 aromatic heterocycles. The van der Waals surface area contributed by atoms with Gasteiger partial charge in [-0.05, 0) is 30.5 Å². The van der Waals surface area contributed by atoms with Crippen LogP contribution in [0.15, 0.2) is 46.1 Å². The van der Waals surface area contributed by atoms with E-state index in [0.29, 0.717) is 0 Å². The highest BCUT2D eigenvalue weighted by molar-refractivity contribution is 5.76. The minimum Gasteiger partial charge on any atom is -0.352 e. The molecule has 1 fully saturated rings. The summed E-state index contributed by atoms with van der Waals surface area (Å²) >= 11 is 0. The molecule has 7 heteroatoms. The molecule has 1 N–H and O–H groups in total. The lowest BCUT2D eigenvalue weighted by atomic mass is 10.2. The molecule has 0 bridgehead atoms. The van der Waals surface area contributed by atoms with Crippen molar-refractivity contribution >= 4 is 5.91 Å². The van der Waals surface area contributed by atoms with Gasteiger partial charge < -0.3 is 5.32 Å².